The Bertz CT molecular complexity index is 1970. The molecule has 0 aliphatic carbocycles. The molecule has 296 valence electrons. The van der Waals surface area contributed by atoms with Crippen molar-refractivity contribution in [2.75, 3.05) is 39.4 Å². The smallest absolute Gasteiger partial charge is 0.337 e. The van der Waals surface area contributed by atoms with E-state index in [9.17, 15) is 9.59 Å². The average molecular weight is 866 g/mol. The fourth-order valence-electron chi connectivity index (χ4n) is 5.86. The molecule has 0 saturated heterocycles. The number of aromatic hydroxyl groups is 1. The zero-order chi connectivity index (χ0) is 40.9. The fraction of sp³-hybridized carbons (Fsp3) is 0.174. The van der Waals surface area contributed by atoms with Gasteiger partial charge in [-0.3, -0.25) is 0 Å². The van der Waals surface area contributed by atoms with Crippen molar-refractivity contribution >= 4 is 65.3 Å². The van der Waals surface area contributed by atoms with Gasteiger partial charge in [0.15, 0.2) is 0 Å². The van der Waals surface area contributed by atoms with Gasteiger partial charge in [0.05, 0.1) is 32.0 Å². The average Bonchev–Trinajstić information content (AvgIpc) is 3.28. The van der Waals surface area contributed by atoms with E-state index in [-0.39, 0.29) is 11.7 Å². The van der Waals surface area contributed by atoms with Gasteiger partial charge in [0.25, 0.3) is 16.6 Å². The third-order valence-electron chi connectivity index (χ3n) is 9.07. The molecule has 0 saturated carbocycles. The van der Waals surface area contributed by atoms with Gasteiger partial charge in [0.1, 0.15) is 18.1 Å². The van der Waals surface area contributed by atoms with Crippen molar-refractivity contribution in [3.8, 4) is 11.5 Å². The summed E-state index contributed by atoms with van der Waals surface area (Å²) in [6.45, 7) is 6.13. The number of methoxy groups -OCH3 is 2. The Labute approximate surface area is 346 Å². The number of rotatable bonds is 14. The van der Waals surface area contributed by atoms with E-state index in [1.807, 2.05) is 48.5 Å². The van der Waals surface area contributed by atoms with Crippen LogP contribution in [0, 0.1) is 0 Å². The second-order valence-corrected chi connectivity index (χ2v) is 20.6. The van der Waals surface area contributed by atoms with Crippen molar-refractivity contribution in [1.29, 1.82) is 0 Å². The second-order valence-electron chi connectivity index (χ2n) is 12.8. The first-order valence-electron chi connectivity index (χ1n) is 18.4. The summed E-state index contributed by atoms with van der Waals surface area (Å²) >= 11 is 3.44. The third kappa shape index (κ3) is 13.1. The number of benzene rings is 6. The van der Waals surface area contributed by atoms with Gasteiger partial charge in [-0.25, -0.2) is 9.59 Å². The number of halogens is 1. The van der Waals surface area contributed by atoms with Crippen LogP contribution in [0.15, 0.2) is 170 Å². The lowest BCUT2D eigenvalue weighted by atomic mass is 10.2. The number of phenolic OH excluding ortho intramolecular Hbond substituents is 1. The second kappa shape index (κ2) is 23.1. The van der Waals surface area contributed by atoms with Gasteiger partial charge < -0.3 is 28.2 Å². The van der Waals surface area contributed by atoms with Crippen LogP contribution in [0.3, 0.4) is 0 Å². The molecule has 6 aromatic rings. The van der Waals surface area contributed by atoms with Gasteiger partial charge in [0, 0.05) is 11.9 Å². The maximum absolute atomic E-state index is 11.5. The van der Waals surface area contributed by atoms with Crippen LogP contribution in [0.25, 0.3) is 0 Å². The number of hydrogen-bond acceptors (Lipinski definition) is 8. The summed E-state index contributed by atoms with van der Waals surface area (Å²) in [5.74, 6) is 0.0732. The van der Waals surface area contributed by atoms with Gasteiger partial charge >= 0.3 is 11.9 Å². The quantitative estimate of drug-likeness (QED) is 0.0531. The summed E-state index contributed by atoms with van der Waals surface area (Å²) in [6, 6.07) is 54.7. The Morgan fingerprint density at radius 3 is 1.16 bits per heavy atom. The van der Waals surface area contributed by atoms with Crippen molar-refractivity contribution in [1.82, 2.24) is 0 Å². The van der Waals surface area contributed by atoms with Crippen molar-refractivity contribution < 1.29 is 37.8 Å². The molecule has 8 nitrogen and oxygen atoms in total. The van der Waals surface area contributed by atoms with Crippen LogP contribution in [0.4, 0.5) is 0 Å². The highest BCUT2D eigenvalue weighted by molar-refractivity contribution is 9.09. The Morgan fingerprint density at radius 1 is 0.491 bits per heavy atom. The molecule has 0 aliphatic rings. The number of esters is 2. The zero-order valence-corrected chi connectivity index (χ0v) is 36.3. The molecule has 0 atom stereocenters. The molecular weight excluding hydrogens is 817 g/mol. The number of phenols is 1. The molecule has 0 radical (unpaired) electrons. The maximum Gasteiger partial charge on any atom is 0.337 e. The fourth-order valence-corrected chi connectivity index (χ4v) is 12.0. The predicted octanol–water partition coefficient (Wildman–Crippen LogP) is 7.22. The van der Waals surface area contributed by atoms with E-state index in [0.717, 1.165) is 11.9 Å². The molecule has 6 aromatic carbocycles. The standard InChI is InChI=1S/C23H24O4Si.C15H17BrOSi.C8H8O3/c1-25-23(24)19-13-15-20(16-14-19)26-17-18-27-28(2,21-9-5-3-6-10-21)22-11-7-4-8-12-22;1-18(17-13-12-16,14-8-4-2-5-9-14)15-10-6-3-7-11-15;1-11-8(10)6-2-4-7(9)5-3-6/h3-16H,17-18H2,1-2H3;2-11H,12-13H2,1H3;2-5,9H,1H3. The number of carbonyl (C=O) groups excluding carboxylic acids is 2. The summed E-state index contributed by atoms with van der Waals surface area (Å²) in [6.07, 6.45) is 0. The molecule has 0 bridgehead atoms. The maximum atomic E-state index is 11.5. The summed E-state index contributed by atoms with van der Waals surface area (Å²) < 4.78 is 27.6. The Morgan fingerprint density at radius 2 is 0.825 bits per heavy atom. The van der Waals surface area contributed by atoms with E-state index in [1.165, 1.54) is 59.2 Å². The first-order chi connectivity index (χ1) is 27.6. The van der Waals surface area contributed by atoms with Gasteiger partial charge in [-0.2, -0.15) is 0 Å². The van der Waals surface area contributed by atoms with E-state index in [4.69, 9.17) is 23.4 Å². The monoisotopic (exact) mass is 864 g/mol. The zero-order valence-electron chi connectivity index (χ0n) is 32.7. The number of ether oxygens (including phenoxy) is 3. The lowest BCUT2D eigenvalue weighted by Gasteiger charge is -2.28. The molecular formula is C46H49BrO8Si2. The third-order valence-corrected chi connectivity index (χ3v) is 16.7. The lowest BCUT2D eigenvalue weighted by Crippen LogP contribution is -2.58. The van der Waals surface area contributed by atoms with E-state index in [0.29, 0.717) is 30.1 Å². The minimum Gasteiger partial charge on any atom is -0.508 e. The molecule has 57 heavy (non-hydrogen) atoms. The van der Waals surface area contributed by atoms with Gasteiger partial charge in [-0.1, -0.05) is 137 Å². The summed E-state index contributed by atoms with van der Waals surface area (Å²) in [5, 5.41) is 14.8. The largest absolute Gasteiger partial charge is 0.508 e. The Kier molecular flexibility index (Phi) is 18.0. The van der Waals surface area contributed by atoms with Crippen LogP contribution < -0.4 is 25.5 Å². The van der Waals surface area contributed by atoms with Gasteiger partial charge in [-0.15, -0.1) is 0 Å². The van der Waals surface area contributed by atoms with Crippen molar-refractivity contribution in [2.24, 2.45) is 0 Å². The van der Waals surface area contributed by atoms with Gasteiger partial charge in [0.2, 0.25) is 0 Å². The first-order valence-corrected chi connectivity index (χ1v) is 24.3. The first kappa shape index (κ1) is 44.4. The highest BCUT2D eigenvalue weighted by Gasteiger charge is 2.34. The topological polar surface area (TPSA) is 101 Å². The minimum absolute atomic E-state index is 0.137. The molecule has 0 spiro atoms. The number of hydrogen-bond donors (Lipinski definition) is 1. The molecule has 6 rings (SSSR count). The molecule has 0 amide bonds. The number of carbonyl (C=O) groups is 2. The van der Waals surface area contributed by atoms with Crippen LogP contribution in [0.2, 0.25) is 13.1 Å². The summed E-state index contributed by atoms with van der Waals surface area (Å²) in [5.41, 5.74) is 0.935. The molecule has 11 heteroatoms. The van der Waals surface area contributed by atoms with E-state index in [1.54, 1.807) is 24.3 Å². The van der Waals surface area contributed by atoms with Crippen LogP contribution in [-0.4, -0.2) is 73.1 Å². The van der Waals surface area contributed by atoms with Crippen LogP contribution >= 0.6 is 15.9 Å². The lowest BCUT2D eigenvalue weighted by molar-refractivity contribution is 0.0591. The Balaban J connectivity index is 0.000000211. The summed E-state index contributed by atoms with van der Waals surface area (Å²) in [4.78, 5) is 22.3. The van der Waals surface area contributed by atoms with Crippen LogP contribution in [0.1, 0.15) is 20.7 Å². The van der Waals surface area contributed by atoms with E-state index >= 15 is 0 Å². The SMILES string of the molecule is COC(=O)c1ccc(O)cc1.COC(=O)c1ccc(OCCO[Si](C)(c2ccccc2)c2ccccc2)cc1.C[Si](OCCBr)(c1ccccc1)c1ccccc1. The highest BCUT2D eigenvalue weighted by atomic mass is 79.9. The Hall–Kier alpha value is -5.31. The van der Waals surface area contributed by atoms with Gasteiger partial charge in [-0.05, 0) is 82.4 Å². The molecule has 0 aliphatic heterocycles. The van der Waals surface area contributed by atoms with Crippen molar-refractivity contribution in [2.45, 2.75) is 13.1 Å². The highest BCUT2D eigenvalue weighted by Crippen LogP contribution is 2.14. The predicted molar refractivity (Wildman–Crippen MR) is 236 cm³/mol. The van der Waals surface area contributed by atoms with Crippen molar-refractivity contribution in [3.63, 3.8) is 0 Å². The minimum atomic E-state index is -2.31. The van der Waals surface area contributed by atoms with E-state index < -0.39 is 22.6 Å². The van der Waals surface area contributed by atoms with Crippen LogP contribution in [0.5, 0.6) is 11.5 Å². The number of alkyl halides is 1. The molecule has 0 heterocycles. The van der Waals surface area contributed by atoms with E-state index in [2.05, 4.69) is 107 Å². The van der Waals surface area contributed by atoms with Crippen LogP contribution in [-0.2, 0) is 18.3 Å². The molecule has 0 unspecified atom stereocenters. The molecule has 0 fully saturated rings. The molecule has 1 N–H and O–H groups in total. The molecule has 0 aromatic heterocycles. The summed E-state index contributed by atoms with van der Waals surface area (Å²) in [7, 11) is -1.68. The van der Waals surface area contributed by atoms with Crippen molar-refractivity contribution in [3.05, 3.63) is 181 Å². The normalized spacial score (nSPS) is 10.8.